The van der Waals surface area contributed by atoms with Crippen LogP contribution in [0.1, 0.15) is 5.56 Å². The molecule has 0 bridgehead atoms. The van der Waals surface area contributed by atoms with Crippen molar-refractivity contribution in [2.75, 3.05) is 18.0 Å². The van der Waals surface area contributed by atoms with Crippen LogP contribution >= 0.6 is 33.2 Å². The molecule has 2 rings (SSSR count). The second-order valence-corrected chi connectivity index (χ2v) is 8.14. The highest BCUT2D eigenvalue weighted by atomic mass is 35.5. The molecule has 2 aromatic carbocycles. The van der Waals surface area contributed by atoms with E-state index in [0.29, 0.717) is 17.9 Å². The second-order valence-electron chi connectivity index (χ2n) is 5.24. The molecule has 6 nitrogen and oxygen atoms in total. The quantitative estimate of drug-likeness (QED) is 0.132. The molecule has 0 aliphatic rings. The van der Waals surface area contributed by atoms with E-state index in [4.69, 9.17) is 22.5 Å². The number of nitrogen functional groups attached to an aromatic ring is 1. The van der Waals surface area contributed by atoms with Crippen molar-refractivity contribution in [3.05, 3.63) is 53.1 Å². The fourth-order valence-corrected chi connectivity index (χ4v) is 4.05. The molecule has 138 valence electrons. The van der Waals surface area contributed by atoms with E-state index in [9.17, 15) is 9.90 Å². The Morgan fingerprint density at radius 1 is 1.23 bits per heavy atom. The maximum Gasteiger partial charge on any atom is 0.269 e. The number of phenols is 1. The standard InChI is InChI=1S/C17H18ClN3O3S2/c18-14-9-11(1-6-16(14)22)10-15(21-24)17(23)20-7-8-25-26-13-4-2-12(19)3-5-13/h1-6,9,22,24H,7-8,10,19H2,(H,20,23)/b21-15-. The number of anilines is 1. The minimum absolute atomic E-state index is 0.0251. The van der Waals surface area contributed by atoms with Gasteiger partial charge in [-0.2, -0.15) is 0 Å². The maximum atomic E-state index is 12.1. The van der Waals surface area contributed by atoms with Crippen molar-refractivity contribution in [1.82, 2.24) is 5.32 Å². The highest BCUT2D eigenvalue weighted by molar-refractivity contribution is 8.76. The second kappa shape index (κ2) is 10.2. The number of aromatic hydroxyl groups is 1. The van der Waals surface area contributed by atoms with Crippen LogP contribution in [0, 0.1) is 0 Å². The highest BCUT2D eigenvalue weighted by Crippen LogP contribution is 2.30. The van der Waals surface area contributed by atoms with Gasteiger partial charge in [0.2, 0.25) is 0 Å². The van der Waals surface area contributed by atoms with Gasteiger partial charge in [0.15, 0.2) is 0 Å². The molecule has 0 atom stereocenters. The fraction of sp³-hybridized carbons (Fsp3) is 0.176. The first kappa shape index (κ1) is 20.3. The summed E-state index contributed by atoms with van der Waals surface area (Å²) in [6.07, 6.45) is 0.107. The van der Waals surface area contributed by atoms with Crippen molar-refractivity contribution >= 4 is 50.5 Å². The average molecular weight is 412 g/mol. The van der Waals surface area contributed by atoms with E-state index in [2.05, 4.69) is 10.5 Å². The molecule has 0 saturated carbocycles. The molecule has 0 unspecified atom stereocenters. The van der Waals surface area contributed by atoms with Crippen LogP contribution in [0.15, 0.2) is 52.5 Å². The number of amides is 1. The number of carbonyl (C=O) groups is 1. The lowest BCUT2D eigenvalue weighted by Gasteiger charge is -2.07. The molecule has 9 heteroatoms. The van der Waals surface area contributed by atoms with Crippen LogP contribution in [0.2, 0.25) is 5.02 Å². The zero-order valence-electron chi connectivity index (χ0n) is 13.7. The first-order chi connectivity index (χ1) is 12.5. The van der Waals surface area contributed by atoms with Gasteiger partial charge >= 0.3 is 0 Å². The fourth-order valence-electron chi connectivity index (χ4n) is 1.96. The smallest absolute Gasteiger partial charge is 0.269 e. The first-order valence-corrected chi connectivity index (χ1v) is 10.3. The number of nitrogens with one attached hydrogen (secondary N) is 1. The summed E-state index contributed by atoms with van der Waals surface area (Å²) in [5, 5.41) is 24.4. The SMILES string of the molecule is Nc1ccc(SSCCNC(=O)/C(Cc2ccc(O)c(Cl)c2)=N\O)cc1. The molecule has 0 aliphatic carbocycles. The Balaban J connectivity index is 1.74. The molecule has 0 aliphatic heterocycles. The minimum atomic E-state index is -0.449. The van der Waals surface area contributed by atoms with Crippen LogP contribution in [0.4, 0.5) is 5.69 Å². The lowest BCUT2D eigenvalue weighted by molar-refractivity contribution is -0.114. The third-order valence-corrected chi connectivity index (χ3v) is 5.96. The zero-order valence-corrected chi connectivity index (χ0v) is 16.1. The van der Waals surface area contributed by atoms with Crippen LogP contribution < -0.4 is 11.1 Å². The summed E-state index contributed by atoms with van der Waals surface area (Å²) < 4.78 is 0. The summed E-state index contributed by atoms with van der Waals surface area (Å²) in [5.74, 6) is 0.192. The van der Waals surface area contributed by atoms with Gasteiger partial charge in [-0.05, 0) is 42.0 Å². The molecule has 0 spiro atoms. The Hall–Kier alpha value is -2.03. The van der Waals surface area contributed by atoms with Crippen molar-refractivity contribution < 1.29 is 15.1 Å². The molecule has 5 N–H and O–H groups in total. The van der Waals surface area contributed by atoms with Gasteiger partial charge in [-0.15, -0.1) is 0 Å². The van der Waals surface area contributed by atoms with Gasteiger partial charge in [-0.1, -0.05) is 44.4 Å². The summed E-state index contributed by atoms with van der Waals surface area (Å²) in [4.78, 5) is 13.2. The molecule has 0 aromatic heterocycles. The predicted octanol–water partition coefficient (Wildman–Crippen LogP) is 3.56. The number of hydrogen-bond donors (Lipinski definition) is 4. The summed E-state index contributed by atoms with van der Waals surface area (Å²) in [5.41, 5.74) is 6.98. The van der Waals surface area contributed by atoms with Gasteiger partial charge in [0.1, 0.15) is 11.5 Å². The largest absolute Gasteiger partial charge is 0.506 e. The zero-order chi connectivity index (χ0) is 18.9. The molecule has 0 heterocycles. The Morgan fingerprint density at radius 2 is 1.96 bits per heavy atom. The summed E-state index contributed by atoms with van der Waals surface area (Å²) in [7, 11) is 3.19. The molecular weight excluding hydrogens is 394 g/mol. The molecule has 1 amide bonds. The van der Waals surface area contributed by atoms with Crippen molar-refractivity contribution in [2.24, 2.45) is 5.16 Å². The summed E-state index contributed by atoms with van der Waals surface area (Å²) in [6, 6.07) is 12.1. The topological polar surface area (TPSA) is 108 Å². The van der Waals surface area contributed by atoms with E-state index in [1.807, 2.05) is 24.3 Å². The van der Waals surface area contributed by atoms with Gasteiger partial charge < -0.3 is 21.4 Å². The molecule has 0 radical (unpaired) electrons. The van der Waals surface area contributed by atoms with Crippen LogP contribution in [0.25, 0.3) is 0 Å². The Bertz CT molecular complexity index is 785. The molecule has 0 fully saturated rings. The van der Waals surface area contributed by atoms with E-state index in [-0.39, 0.29) is 22.9 Å². The third kappa shape index (κ3) is 6.36. The molecule has 2 aromatic rings. The van der Waals surface area contributed by atoms with Crippen LogP contribution in [-0.4, -0.2) is 34.2 Å². The van der Waals surface area contributed by atoms with Crippen molar-refractivity contribution in [3.63, 3.8) is 0 Å². The van der Waals surface area contributed by atoms with E-state index >= 15 is 0 Å². The van der Waals surface area contributed by atoms with Gasteiger partial charge in [0.25, 0.3) is 5.91 Å². The Labute approximate surface area is 164 Å². The van der Waals surface area contributed by atoms with Gasteiger partial charge in [0, 0.05) is 29.3 Å². The van der Waals surface area contributed by atoms with Crippen LogP contribution in [-0.2, 0) is 11.2 Å². The molecule has 26 heavy (non-hydrogen) atoms. The lowest BCUT2D eigenvalue weighted by Crippen LogP contribution is -2.33. The molecular formula is C17H18ClN3O3S2. The number of nitrogens with zero attached hydrogens (tertiary/aromatic N) is 1. The minimum Gasteiger partial charge on any atom is -0.506 e. The number of halogens is 1. The average Bonchev–Trinajstić information content (AvgIpc) is 2.63. The van der Waals surface area contributed by atoms with Crippen LogP contribution in [0.5, 0.6) is 5.75 Å². The summed E-state index contributed by atoms with van der Waals surface area (Å²) >= 11 is 5.83. The summed E-state index contributed by atoms with van der Waals surface area (Å²) in [6.45, 7) is 0.431. The van der Waals surface area contributed by atoms with E-state index in [1.54, 1.807) is 27.7 Å². The van der Waals surface area contributed by atoms with E-state index in [0.717, 1.165) is 10.6 Å². The highest BCUT2D eigenvalue weighted by Gasteiger charge is 2.13. The predicted molar refractivity (Wildman–Crippen MR) is 108 cm³/mol. The van der Waals surface area contributed by atoms with E-state index < -0.39 is 5.91 Å². The van der Waals surface area contributed by atoms with Gasteiger partial charge in [0.05, 0.1) is 5.02 Å². The van der Waals surface area contributed by atoms with Crippen LogP contribution in [0.3, 0.4) is 0 Å². The number of benzene rings is 2. The molecule has 0 saturated heterocycles. The number of phenolic OH excluding ortho intramolecular Hbond substituents is 1. The van der Waals surface area contributed by atoms with Crippen molar-refractivity contribution in [2.45, 2.75) is 11.3 Å². The Morgan fingerprint density at radius 3 is 2.62 bits per heavy atom. The van der Waals surface area contributed by atoms with Crippen molar-refractivity contribution in [1.29, 1.82) is 0 Å². The maximum absolute atomic E-state index is 12.1. The van der Waals surface area contributed by atoms with E-state index in [1.165, 1.54) is 12.1 Å². The Kier molecular flexibility index (Phi) is 7.96. The number of nitrogens with two attached hydrogens (primary N) is 1. The number of rotatable bonds is 8. The lowest BCUT2D eigenvalue weighted by atomic mass is 10.1. The first-order valence-electron chi connectivity index (χ1n) is 7.61. The number of carbonyl (C=O) groups excluding carboxylic acids is 1. The number of hydrogen-bond acceptors (Lipinski definition) is 7. The van der Waals surface area contributed by atoms with Gasteiger partial charge in [-0.25, -0.2) is 0 Å². The monoisotopic (exact) mass is 411 g/mol. The van der Waals surface area contributed by atoms with Crippen molar-refractivity contribution in [3.8, 4) is 5.75 Å². The normalized spacial score (nSPS) is 11.3. The number of oxime groups is 1. The third-order valence-electron chi connectivity index (χ3n) is 3.27. The van der Waals surface area contributed by atoms with Gasteiger partial charge in [-0.3, -0.25) is 4.79 Å².